The molecule has 0 aliphatic heterocycles. The lowest BCUT2D eigenvalue weighted by Gasteiger charge is -2.06. The Kier molecular flexibility index (Phi) is 3.63. The number of carbonyl (C=O) groups excluding carboxylic acids is 1. The van der Waals surface area contributed by atoms with Crippen LogP contribution in [0.3, 0.4) is 0 Å². The van der Waals surface area contributed by atoms with Crippen molar-refractivity contribution in [3.8, 4) is 5.88 Å². The number of nitrogens with one attached hydrogen (secondary N) is 2. The molecule has 2 rings (SSSR count). The Morgan fingerprint density at radius 2 is 2.11 bits per heavy atom. The Morgan fingerprint density at radius 3 is 2.79 bits per heavy atom. The number of carbonyl (C=O) groups is 1. The number of H-pyrrole nitrogens is 1. The monoisotopic (exact) mass is 259 g/mol. The molecule has 6 nitrogen and oxygen atoms in total. The molecule has 0 fully saturated rings. The van der Waals surface area contributed by atoms with Crippen LogP contribution in [0.25, 0.3) is 0 Å². The number of aromatic hydroxyl groups is 1. The molecule has 0 atom stereocenters. The van der Waals surface area contributed by atoms with E-state index < -0.39 is 11.5 Å². The Morgan fingerprint density at radius 1 is 1.32 bits per heavy atom. The van der Waals surface area contributed by atoms with E-state index in [4.69, 9.17) is 5.73 Å². The fourth-order valence-electron chi connectivity index (χ4n) is 1.64. The number of anilines is 1. The maximum absolute atomic E-state index is 11.9. The molecular weight excluding hydrogens is 246 g/mol. The normalized spacial score (nSPS) is 10.2. The summed E-state index contributed by atoms with van der Waals surface area (Å²) < 4.78 is 0. The van der Waals surface area contributed by atoms with E-state index in [2.05, 4.69) is 10.3 Å². The fraction of sp³-hybridized carbons (Fsp3) is 0.0769. The lowest BCUT2D eigenvalue weighted by atomic mass is 10.2. The molecule has 5 N–H and O–H groups in total. The highest BCUT2D eigenvalue weighted by Crippen LogP contribution is 2.12. The quantitative estimate of drug-likeness (QED) is 0.653. The largest absolute Gasteiger partial charge is 0.494 e. The molecule has 0 spiro atoms. The van der Waals surface area contributed by atoms with Crippen LogP contribution in [-0.2, 0) is 6.54 Å². The third-order valence-corrected chi connectivity index (χ3v) is 2.51. The molecule has 0 radical (unpaired) electrons. The summed E-state index contributed by atoms with van der Waals surface area (Å²) in [6.45, 7) is 0.371. The summed E-state index contributed by atoms with van der Waals surface area (Å²) in [6, 6.07) is 9.36. The molecule has 1 amide bonds. The first kappa shape index (κ1) is 12.8. The van der Waals surface area contributed by atoms with Gasteiger partial charge in [-0.2, -0.15) is 0 Å². The van der Waals surface area contributed by atoms with Gasteiger partial charge in [-0.25, -0.2) is 0 Å². The van der Waals surface area contributed by atoms with Crippen molar-refractivity contribution < 1.29 is 9.90 Å². The summed E-state index contributed by atoms with van der Waals surface area (Å²) in [6.07, 6.45) is 0. The zero-order chi connectivity index (χ0) is 13.8. The number of rotatable bonds is 3. The number of amides is 1. The first-order valence-corrected chi connectivity index (χ1v) is 5.62. The maximum Gasteiger partial charge on any atom is 0.256 e. The second-order valence-corrected chi connectivity index (χ2v) is 3.98. The van der Waals surface area contributed by atoms with E-state index in [1.54, 1.807) is 18.2 Å². The van der Waals surface area contributed by atoms with E-state index in [0.717, 1.165) is 11.6 Å². The van der Waals surface area contributed by atoms with E-state index >= 15 is 0 Å². The molecule has 1 aromatic heterocycles. The summed E-state index contributed by atoms with van der Waals surface area (Å²) in [5.41, 5.74) is 6.51. The molecule has 6 heteroatoms. The zero-order valence-corrected chi connectivity index (χ0v) is 10.0. The highest BCUT2D eigenvalue weighted by molar-refractivity contribution is 6.04. The summed E-state index contributed by atoms with van der Waals surface area (Å²) in [5.74, 6) is -0.830. The van der Waals surface area contributed by atoms with Crippen molar-refractivity contribution in [1.82, 2.24) is 4.98 Å². The standard InChI is InChI=1S/C13H13N3O3/c14-7-8-2-1-3-10(4-8)15-13(19)9-5-11(17)16-12(18)6-9/h1-6H,7,14H2,(H,15,19)(H2,16,17,18). The molecule has 0 bridgehead atoms. The van der Waals surface area contributed by atoms with Crippen molar-refractivity contribution in [2.75, 3.05) is 5.32 Å². The van der Waals surface area contributed by atoms with E-state index in [-0.39, 0.29) is 11.4 Å². The van der Waals surface area contributed by atoms with Crippen molar-refractivity contribution in [3.05, 3.63) is 57.9 Å². The Hall–Kier alpha value is -2.60. The number of hydrogen-bond acceptors (Lipinski definition) is 4. The summed E-state index contributed by atoms with van der Waals surface area (Å²) in [5, 5.41) is 11.9. The third kappa shape index (κ3) is 3.20. The van der Waals surface area contributed by atoms with Crippen LogP contribution >= 0.6 is 0 Å². The van der Waals surface area contributed by atoms with Gasteiger partial charge in [-0.3, -0.25) is 14.6 Å². The summed E-state index contributed by atoms with van der Waals surface area (Å²) >= 11 is 0. The Labute approximate surface area is 108 Å². The van der Waals surface area contributed by atoms with Crippen LogP contribution in [-0.4, -0.2) is 16.0 Å². The third-order valence-electron chi connectivity index (χ3n) is 2.51. The number of nitrogens with two attached hydrogens (primary N) is 1. The van der Waals surface area contributed by atoms with E-state index in [1.807, 2.05) is 6.07 Å². The molecule has 0 saturated heterocycles. The van der Waals surface area contributed by atoms with Gasteiger partial charge in [0.15, 0.2) is 5.88 Å². The van der Waals surface area contributed by atoms with Crippen LogP contribution in [0.4, 0.5) is 5.69 Å². The van der Waals surface area contributed by atoms with Crippen LogP contribution in [0.5, 0.6) is 5.88 Å². The lowest BCUT2D eigenvalue weighted by Crippen LogP contribution is -2.16. The van der Waals surface area contributed by atoms with Gasteiger partial charge in [-0.15, -0.1) is 0 Å². The number of aromatic amines is 1. The molecule has 1 aromatic carbocycles. The minimum Gasteiger partial charge on any atom is -0.494 e. The number of aromatic nitrogens is 1. The van der Waals surface area contributed by atoms with Gasteiger partial charge in [0.05, 0.1) is 5.56 Å². The van der Waals surface area contributed by atoms with E-state index in [9.17, 15) is 14.7 Å². The molecule has 0 unspecified atom stereocenters. The molecule has 0 saturated carbocycles. The van der Waals surface area contributed by atoms with Crippen molar-refractivity contribution in [1.29, 1.82) is 0 Å². The van der Waals surface area contributed by atoms with Gasteiger partial charge in [0.2, 0.25) is 0 Å². The van der Waals surface area contributed by atoms with Crippen molar-refractivity contribution in [2.45, 2.75) is 6.54 Å². The summed E-state index contributed by atoms with van der Waals surface area (Å²) in [4.78, 5) is 25.2. The van der Waals surface area contributed by atoms with Gasteiger partial charge in [0.1, 0.15) is 0 Å². The van der Waals surface area contributed by atoms with Crippen LogP contribution in [0.15, 0.2) is 41.2 Å². The smallest absolute Gasteiger partial charge is 0.256 e. The van der Waals surface area contributed by atoms with Crippen LogP contribution in [0.1, 0.15) is 15.9 Å². The topological polar surface area (TPSA) is 108 Å². The highest BCUT2D eigenvalue weighted by Gasteiger charge is 2.08. The average molecular weight is 259 g/mol. The molecule has 98 valence electrons. The Bertz CT molecular complexity index is 664. The first-order valence-electron chi connectivity index (χ1n) is 5.62. The van der Waals surface area contributed by atoms with Gasteiger partial charge in [-0.05, 0) is 17.7 Å². The maximum atomic E-state index is 11.9. The van der Waals surface area contributed by atoms with Crippen molar-refractivity contribution in [2.24, 2.45) is 5.73 Å². The zero-order valence-electron chi connectivity index (χ0n) is 10.0. The van der Waals surface area contributed by atoms with E-state index in [0.29, 0.717) is 12.2 Å². The predicted molar refractivity (Wildman–Crippen MR) is 71.0 cm³/mol. The number of hydrogen-bond donors (Lipinski definition) is 4. The van der Waals surface area contributed by atoms with E-state index in [1.165, 1.54) is 6.07 Å². The number of benzene rings is 1. The van der Waals surface area contributed by atoms with Crippen molar-refractivity contribution >= 4 is 11.6 Å². The fourth-order valence-corrected chi connectivity index (χ4v) is 1.64. The molecule has 0 aliphatic rings. The minimum absolute atomic E-state index is 0.0828. The Balaban J connectivity index is 2.22. The lowest BCUT2D eigenvalue weighted by molar-refractivity contribution is 0.102. The van der Waals surface area contributed by atoms with Gasteiger partial charge < -0.3 is 16.2 Å². The SMILES string of the molecule is NCc1cccc(NC(=O)c2cc(O)[nH]c(=O)c2)c1. The average Bonchev–Trinajstić information content (AvgIpc) is 2.37. The van der Waals surface area contributed by atoms with Gasteiger partial charge in [-0.1, -0.05) is 12.1 Å². The molecule has 0 aliphatic carbocycles. The second-order valence-electron chi connectivity index (χ2n) is 3.98. The van der Waals surface area contributed by atoms with Gasteiger partial charge in [0, 0.05) is 24.4 Å². The van der Waals surface area contributed by atoms with Crippen molar-refractivity contribution in [3.63, 3.8) is 0 Å². The molecule has 2 aromatic rings. The van der Waals surface area contributed by atoms with Crippen LogP contribution in [0.2, 0.25) is 0 Å². The summed E-state index contributed by atoms with van der Waals surface area (Å²) in [7, 11) is 0. The second kappa shape index (κ2) is 5.36. The van der Waals surface area contributed by atoms with Gasteiger partial charge >= 0.3 is 0 Å². The van der Waals surface area contributed by atoms with Gasteiger partial charge in [0.25, 0.3) is 11.5 Å². The molecule has 1 heterocycles. The number of pyridine rings is 1. The first-order chi connectivity index (χ1) is 9.08. The van der Waals surface area contributed by atoms with Crippen LogP contribution < -0.4 is 16.6 Å². The molecule has 19 heavy (non-hydrogen) atoms. The highest BCUT2D eigenvalue weighted by atomic mass is 16.3. The minimum atomic E-state index is -0.541. The molecular formula is C13H13N3O3. The predicted octanol–water partition coefficient (Wildman–Crippen LogP) is 0.792. The van der Waals surface area contributed by atoms with Crippen LogP contribution in [0, 0.1) is 0 Å².